The maximum absolute atomic E-state index is 12.1. The van der Waals surface area contributed by atoms with Crippen LogP contribution in [-0.2, 0) is 11.3 Å². The first kappa shape index (κ1) is 16.1. The van der Waals surface area contributed by atoms with Gasteiger partial charge in [0, 0.05) is 6.54 Å². The number of amides is 1. The summed E-state index contributed by atoms with van der Waals surface area (Å²) in [7, 11) is 0. The minimum Gasteiger partial charge on any atom is -0.481 e. The summed E-state index contributed by atoms with van der Waals surface area (Å²) in [5.41, 5.74) is 2.28. The van der Waals surface area contributed by atoms with Crippen molar-refractivity contribution >= 4 is 5.91 Å². The zero-order valence-corrected chi connectivity index (χ0v) is 13.4. The first-order valence-corrected chi connectivity index (χ1v) is 7.64. The van der Waals surface area contributed by atoms with Gasteiger partial charge in [-0.25, -0.2) is 0 Å². The lowest BCUT2D eigenvalue weighted by Crippen LogP contribution is -2.35. The molecule has 0 aliphatic carbocycles. The van der Waals surface area contributed by atoms with E-state index < -0.39 is 6.10 Å². The van der Waals surface area contributed by atoms with Crippen molar-refractivity contribution in [3.63, 3.8) is 0 Å². The SMILES string of the molecule is CC(Oc1cccc(C(C)C)c1)C(=O)NCc1ccccc1. The first-order chi connectivity index (χ1) is 10.6. The fraction of sp³-hybridized carbons (Fsp3) is 0.316. The Labute approximate surface area is 132 Å². The highest BCUT2D eigenvalue weighted by Crippen LogP contribution is 2.21. The average Bonchev–Trinajstić information content (AvgIpc) is 2.53. The number of hydrogen-bond donors (Lipinski definition) is 1. The van der Waals surface area contributed by atoms with E-state index in [1.54, 1.807) is 6.92 Å². The summed E-state index contributed by atoms with van der Waals surface area (Å²) in [5, 5.41) is 2.89. The molecule has 0 radical (unpaired) electrons. The van der Waals surface area contributed by atoms with Crippen molar-refractivity contribution in [2.24, 2.45) is 0 Å². The monoisotopic (exact) mass is 297 g/mol. The second-order valence-corrected chi connectivity index (χ2v) is 5.69. The van der Waals surface area contributed by atoms with Crippen LogP contribution in [-0.4, -0.2) is 12.0 Å². The highest BCUT2D eigenvalue weighted by atomic mass is 16.5. The summed E-state index contributed by atoms with van der Waals surface area (Å²) in [6, 6.07) is 17.7. The molecule has 1 amide bonds. The predicted molar refractivity (Wildman–Crippen MR) is 88.9 cm³/mol. The molecule has 0 heterocycles. The predicted octanol–water partition coefficient (Wildman–Crippen LogP) is 3.89. The van der Waals surface area contributed by atoms with Gasteiger partial charge in [-0.3, -0.25) is 4.79 Å². The van der Waals surface area contributed by atoms with E-state index in [0.717, 1.165) is 11.3 Å². The molecule has 116 valence electrons. The number of benzene rings is 2. The van der Waals surface area contributed by atoms with Gasteiger partial charge in [0.25, 0.3) is 5.91 Å². The second-order valence-electron chi connectivity index (χ2n) is 5.69. The lowest BCUT2D eigenvalue weighted by atomic mass is 10.0. The topological polar surface area (TPSA) is 38.3 Å². The van der Waals surface area contributed by atoms with E-state index in [0.29, 0.717) is 12.5 Å². The fourth-order valence-corrected chi connectivity index (χ4v) is 2.13. The maximum Gasteiger partial charge on any atom is 0.261 e. The van der Waals surface area contributed by atoms with E-state index in [-0.39, 0.29) is 5.91 Å². The van der Waals surface area contributed by atoms with Gasteiger partial charge in [-0.05, 0) is 36.1 Å². The molecule has 0 bridgehead atoms. The fourth-order valence-electron chi connectivity index (χ4n) is 2.13. The number of rotatable bonds is 6. The van der Waals surface area contributed by atoms with Gasteiger partial charge < -0.3 is 10.1 Å². The third-order valence-corrected chi connectivity index (χ3v) is 3.52. The highest BCUT2D eigenvalue weighted by Gasteiger charge is 2.14. The third-order valence-electron chi connectivity index (χ3n) is 3.52. The van der Waals surface area contributed by atoms with Crippen LogP contribution >= 0.6 is 0 Å². The Morgan fingerprint density at radius 2 is 1.77 bits per heavy atom. The second kappa shape index (κ2) is 7.64. The van der Waals surface area contributed by atoms with Gasteiger partial charge in [0.2, 0.25) is 0 Å². The smallest absolute Gasteiger partial charge is 0.261 e. The van der Waals surface area contributed by atoms with Gasteiger partial charge in [-0.15, -0.1) is 0 Å². The largest absolute Gasteiger partial charge is 0.481 e. The number of carbonyl (C=O) groups is 1. The Morgan fingerprint density at radius 3 is 2.45 bits per heavy atom. The van der Waals surface area contributed by atoms with Crippen LogP contribution in [0.4, 0.5) is 0 Å². The van der Waals surface area contributed by atoms with Crippen molar-refractivity contribution in [1.29, 1.82) is 0 Å². The van der Waals surface area contributed by atoms with Gasteiger partial charge in [0.15, 0.2) is 6.10 Å². The standard InChI is InChI=1S/C19H23NO2/c1-14(2)17-10-7-11-18(12-17)22-15(3)19(21)20-13-16-8-5-4-6-9-16/h4-12,14-15H,13H2,1-3H3,(H,20,21). The summed E-state index contributed by atoms with van der Waals surface area (Å²) in [6.07, 6.45) is -0.522. The number of carbonyl (C=O) groups excluding carboxylic acids is 1. The lowest BCUT2D eigenvalue weighted by Gasteiger charge is -2.16. The van der Waals surface area contributed by atoms with Gasteiger partial charge in [-0.1, -0.05) is 56.3 Å². The first-order valence-electron chi connectivity index (χ1n) is 7.64. The molecule has 1 N–H and O–H groups in total. The summed E-state index contributed by atoms with van der Waals surface area (Å²) in [6.45, 7) is 6.55. The van der Waals surface area contributed by atoms with Crippen LogP contribution in [0, 0.1) is 0 Å². The number of ether oxygens (including phenoxy) is 1. The number of hydrogen-bond acceptors (Lipinski definition) is 2. The molecule has 0 saturated carbocycles. The molecule has 2 rings (SSSR count). The van der Waals surface area contributed by atoms with Crippen molar-refractivity contribution in [2.75, 3.05) is 0 Å². The van der Waals surface area contributed by atoms with E-state index in [1.807, 2.05) is 48.5 Å². The molecule has 1 unspecified atom stereocenters. The van der Waals surface area contributed by atoms with Gasteiger partial charge >= 0.3 is 0 Å². The molecule has 22 heavy (non-hydrogen) atoms. The highest BCUT2D eigenvalue weighted by molar-refractivity contribution is 5.80. The molecule has 0 aliphatic rings. The average molecular weight is 297 g/mol. The van der Waals surface area contributed by atoms with Crippen LogP contribution in [0.25, 0.3) is 0 Å². The van der Waals surface area contributed by atoms with Crippen LogP contribution in [0.15, 0.2) is 54.6 Å². The van der Waals surface area contributed by atoms with Crippen LogP contribution < -0.4 is 10.1 Å². The van der Waals surface area contributed by atoms with E-state index >= 15 is 0 Å². The molecule has 2 aromatic carbocycles. The third kappa shape index (κ3) is 4.62. The maximum atomic E-state index is 12.1. The minimum atomic E-state index is -0.522. The Hall–Kier alpha value is -2.29. The van der Waals surface area contributed by atoms with Gasteiger partial charge in [0.1, 0.15) is 5.75 Å². The van der Waals surface area contributed by atoms with Crippen LogP contribution in [0.1, 0.15) is 37.8 Å². The van der Waals surface area contributed by atoms with Gasteiger partial charge in [-0.2, -0.15) is 0 Å². The zero-order valence-electron chi connectivity index (χ0n) is 13.4. The van der Waals surface area contributed by atoms with Crippen molar-refractivity contribution < 1.29 is 9.53 Å². The van der Waals surface area contributed by atoms with Crippen molar-refractivity contribution in [2.45, 2.75) is 39.3 Å². The summed E-state index contributed by atoms with van der Waals surface area (Å²) in [4.78, 5) is 12.1. The van der Waals surface area contributed by atoms with E-state index in [1.165, 1.54) is 5.56 Å². The molecule has 0 saturated heterocycles. The van der Waals surface area contributed by atoms with Crippen LogP contribution in [0.3, 0.4) is 0 Å². The van der Waals surface area contributed by atoms with Crippen molar-refractivity contribution in [1.82, 2.24) is 5.32 Å². The molecule has 3 heteroatoms. The molecular weight excluding hydrogens is 274 g/mol. The Bertz CT molecular complexity index is 608. The molecule has 0 fully saturated rings. The minimum absolute atomic E-state index is 0.112. The summed E-state index contributed by atoms with van der Waals surface area (Å²) < 4.78 is 5.74. The molecular formula is C19H23NO2. The van der Waals surface area contributed by atoms with Crippen LogP contribution in [0.2, 0.25) is 0 Å². The van der Waals surface area contributed by atoms with E-state index in [4.69, 9.17) is 4.74 Å². The van der Waals surface area contributed by atoms with Crippen molar-refractivity contribution in [3.8, 4) is 5.75 Å². The van der Waals surface area contributed by atoms with Crippen LogP contribution in [0.5, 0.6) is 5.75 Å². The zero-order chi connectivity index (χ0) is 15.9. The molecule has 0 aliphatic heterocycles. The normalized spacial score (nSPS) is 12.0. The molecule has 1 atom stereocenters. The van der Waals surface area contributed by atoms with Gasteiger partial charge in [0.05, 0.1) is 0 Å². The quantitative estimate of drug-likeness (QED) is 0.878. The summed E-state index contributed by atoms with van der Waals surface area (Å²) in [5.74, 6) is 1.05. The Balaban J connectivity index is 1.89. The molecule has 2 aromatic rings. The van der Waals surface area contributed by atoms with E-state index in [9.17, 15) is 4.79 Å². The lowest BCUT2D eigenvalue weighted by molar-refractivity contribution is -0.127. The Morgan fingerprint density at radius 1 is 1.05 bits per heavy atom. The van der Waals surface area contributed by atoms with E-state index in [2.05, 4.69) is 25.2 Å². The summed E-state index contributed by atoms with van der Waals surface area (Å²) >= 11 is 0. The number of nitrogens with one attached hydrogen (secondary N) is 1. The molecule has 3 nitrogen and oxygen atoms in total. The molecule has 0 aromatic heterocycles. The van der Waals surface area contributed by atoms with Crippen molar-refractivity contribution in [3.05, 3.63) is 65.7 Å². The Kier molecular flexibility index (Phi) is 5.59. The molecule has 0 spiro atoms.